The highest BCUT2D eigenvalue weighted by molar-refractivity contribution is 14.1. The van der Waals surface area contributed by atoms with E-state index >= 15 is 0 Å². The number of hydrogen-bond donors (Lipinski definition) is 0. The Labute approximate surface area is 98.8 Å². The Hall–Kier alpha value is -0.170. The zero-order valence-corrected chi connectivity index (χ0v) is 10.1. The van der Waals surface area contributed by atoms with Crippen LogP contribution in [0.5, 0.6) is 5.75 Å². The Morgan fingerprint density at radius 1 is 1.64 bits per heavy atom. The van der Waals surface area contributed by atoms with E-state index in [0.717, 1.165) is 0 Å². The number of rotatable bonds is 3. The van der Waals surface area contributed by atoms with Crippen molar-refractivity contribution < 1.29 is 13.5 Å². The second-order valence-electron chi connectivity index (χ2n) is 2.44. The van der Waals surface area contributed by atoms with Crippen molar-refractivity contribution in [3.05, 3.63) is 21.0 Å². The summed E-state index contributed by atoms with van der Waals surface area (Å²) in [5.74, 6) is 0.209. The molecule has 0 aliphatic carbocycles. The van der Waals surface area contributed by atoms with Crippen LogP contribution in [-0.4, -0.2) is 12.1 Å². The Morgan fingerprint density at radius 2 is 2.29 bits per heavy atom. The highest BCUT2D eigenvalue weighted by Crippen LogP contribution is 2.34. The van der Waals surface area contributed by atoms with Crippen LogP contribution in [0, 0.1) is 3.57 Å². The average Bonchev–Trinajstić information content (AvgIpc) is 2.16. The van der Waals surface area contributed by atoms with Crippen molar-refractivity contribution in [2.45, 2.75) is 12.3 Å². The maximum absolute atomic E-state index is 12.6. The first-order valence-corrected chi connectivity index (χ1v) is 5.28. The maximum atomic E-state index is 12.6. The second kappa shape index (κ2) is 5.06. The summed E-state index contributed by atoms with van der Waals surface area (Å²) in [7, 11) is 1.33. The molecule has 1 rings (SSSR count). The third-order valence-corrected chi connectivity index (χ3v) is 3.11. The van der Waals surface area contributed by atoms with Gasteiger partial charge in [-0.05, 0) is 22.6 Å². The topological polar surface area (TPSA) is 22.1 Å². The van der Waals surface area contributed by atoms with Crippen LogP contribution in [-0.2, 0) is 5.88 Å². The predicted molar refractivity (Wildman–Crippen MR) is 58.0 cm³/mol. The molecular weight excluding hydrogens is 326 g/mol. The maximum Gasteiger partial charge on any atom is 0.268 e. The normalized spacial score (nSPS) is 10.7. The molecule has 0 spiro atoms. The molecule has 0 aromatic carbocycles. The molecule has 0 saturated carbocycles. The molecule has 78 valence electrons. The van der Waals surface area contributed by atoms with E-state index in [1.165, 1.54) is 13.3 Å². The van der Waals surface area contributed by atoms with Gasteiger partial charge in [-0.2, -0.15) is 0 Å². The molecule has 1 aromatic rings. The van der Waals surface area contributed by atoms with E-state index in [2.05, 4.69) is 4.98 Å². The minimum absolute atomic E-state index is 0.0956. The molecule has 0 atom stereocenters. The number of hydrogen-bond acceptors (Lipinski definition) is 2. The van der Waals surface area contributed by atoms with E-state index in [-0.39, 0.29) is 17.2 Å². The van der Waals surface area contributed by atoms with Crippen molar-refractivity contribution in [3.8, 4) is 5.75 Å². The smallest absolute Gasteiger partial charge is 0.268 e. The third kappa shape index (κ3) is 2.25. The van der Waals surface area contributed by atoms with Crippen molar-refractivity contribution in [1.82, 2.24) is 4.98 Å². The molecule has 14 heavy (non-hydrogen) atoms. The minimum Gasteiger partial charge on any atom is -0.495 e. The van der Waals surface area contributed by atoms with Crippen molar-refractivity contribution in [2.75, 3.05) is 7.11 Å². The Balaban J connectivity index is 3.31. The number of ether oxygens (including phenoxy) is 1. The molecule has 0 radical (unpaired) electrons. The molecule has 0 aliphatic rings. The van der Waals surface area contributed by atoms with Gasteiger partial charge in [-0.15, -0.1) is 11.6 Å². The van der Waals surface area contributed by atoms with E-state index in [1.807, 2.05) is 0 Å². The summed E-state index contributed by atoms with van der Waals surface area (Å²) in [5, 5.41) is 0. The fourth-order valence-electron chi connectivity index (χ4n) is 0.986. The minimum atomic E-state index is -2.58. The van der Waals surface area contributed by atoms with Gasteiger partial charge in [0.2, 0.25) is 0 Å². The predicted octanol–water partition coefficient (Wildman–Crippen LogP) is 3.37. The summed E-state index contributed by atoms with van der Waals surface area (Å²) in [6, 6.07) is 0. The van der Waals surface area contributed by atoms with Gasteiger partial charge in [0.15, 0.2) is 0 Å². The van der Waals surface area contributed by atoms with Crippen LogP contribution in [0.2, 0.25) is 0 Å². The average molecular weight is 334 g/mol. The van der Waals surface area contributed by atoms with Crippen molar-refractivity contribution >= 4 is 34.2 Å². The number of pyridine rings is 1. The van der Waals surface area contributed by atoms with Gasteiger partial charge in [0.25, 0.3) is 6.43 Å². The van der Waals surface area contributed by atoms with Crippen molar-refractivity contribution in [1.29, 1.82) is 0 Å². The van der Waals surface area contributed by atoms with E-state index in [0.29, 0.717) is 9.26 Å². The molecule has 0 aliphatic heterocycles. The number of alkyl halides is 3. The van der Waals surface area contributed by atoms with Crippen molar-refractivity contribution in [3.63, 3.8) is 0 Å². The lowest BCUT2D eigenvalue weighted by molar-refractivity contribution is 0.145. The molecule has 0 unspecified atom stereocenters. The van der Waals surface area contributed by atoms with Gasteiger partial charge in [-0.1, -0.05) is 0 Å². The van der Waals surface area contributed by atoms with Gasteiger partial charge < -0.3 is 4.74 Å². The highest BCUT2D eigenvalue weighted by Gasteiger charge is 2.20. The Bertz CT molecular complexity index is 335. The van der Waals surface area contributed by atoms with Crippen LogP contribution in [0.15, 0.2) is 6.20 Å². The van der Waals surface area contributed by atoms with Crippen LogP contribution in [0.25, 0.3) is 0 Å². The molecule has 1 heterocycles. The molecule has 6 heteroatoms. The van der Waals surface area contributed by atoms with Gasteiger partial charge in [0.05, 0.1) is 30.4 Å². The second-order valence-corrected chi connectivity index (χ2v) is 3.78. The zero-order chi connectivity index (χ0) is 10.7. The number of aromatic nitrogens is 1. The van der Waals surface area contributed by atoms with Gasteiger partial charge >= 0.3 is 0 Å². The van der Waals surface area contributed by atoms with Crippen LogP contribution in [0.3, 0.4) is 0 Å². The molecule has 0 amide bonds. The highest BCUT2D eigenvalue weighted by atomic mass is 127. The Morgan fingerprint density at radius 3 is 2.71 bits per heavy atom. The SMILES string of the molecule is COc1cnc(CCl)c(I)c1C(F)F. The van der Waals surface area contributed by atoms with Crippen LogP contribution >= 0.6 is 34.2 Å². The molecule has 0 N–H and O–H groups in total. The van der Waals surface area contributed by atoms with E-state index in [1.54, 1.807) is 22.6 Å². The summed E-state index contributed by atoms with van der Waals surface area (Å²) in [4.78, 5) is 3.91. The molecular formula is C8H7ClF2INO. The first kappa shape index (κ1) is 11.9. The van der Waals surface area contributed by atoms with E-state index in [9.17, 15) is 8.78 Å². The summed E-state index contributed by atoms with van der Waals surface area (Å²) < 4.78 is 30.4. The number of halogens is 4. The molecule has 0 saturated heterocycles. The lowest BCUT2D eigenvalue weighted by Crippen LogP contribution is -2.01. The number of methoxy groups -OCH3 is 1. The lowest BCUT2D eigenvalue weighted by atomic mass is 10.2. The number of nitrogens with zero attached hydrogens (tertiary/aromatic N) is 1. The molecule has 0 bridgehead atoms. The van der Waals surface area contributed by atoms with Crippen molar-refractivity contribution in [2.24, 2.45) is 0 Å². The van der Waals surface area contributed by atoms with E-state index in [4.69, 9.17) is 16.3 Å². The van der Waals surface area contributed by atoms with Gasteiger partial charge in [0.1, 0.15) is 5.75 Å². The fourth-order valence-corrected chi connectivity index (χ4v) is 2.24. The standard InChI is InChI=1S/C8H7ClF2INO/c1-14-5-3-13-4(2-9)7(12)6(5)8(10)11/h3,8H,2H2,1H3. The van der Waals surface area contributed by atoms with Crippen LogP contribution < -0.4 is 4.74 Å². The van der Waals surface area contributed by atoms with Gasteiger partial charge in [-0.3, -0.25) is 4.98 Å². The summed E-state index contributed by atoms with van der Waals surface area (Å²) in [6.45, 7) is 0. The zero-order valence-electron chi connectivity index (χ0n) is 7.23. The van der Waals surface area contributed by atoms with Gasteiger partial charge in [0, 0.05) is 3.57 Å². The fraction of sp³-hybridized carbons (Fsp3) is 0.375. The molecule has 1 aromatic heterocycles. The third-order valence-electron chi connectivity index (χ3n) is 1.66. The first-order valence-electron chi connectivity index (χ1n) is 3.67. The summed E-state index contributed by atoms with van der Waals surface area (Å²) in [5.41, 5.74) is 0.308. The summed E-state index contributed by atoms with van der Waals surface area (Å²) in [6.07, 6.45) is -1.32. The largest absolute Gasteiger partial charge is 0.495 e. The van der Waals surface area contributed by atoms with Gasteiger partial charge in [-0.25, -0.2) is 8.78 Å². The lowest BCUT2D eigenvalue weighted by Gasteiger charge is -2.11. The first-order chi connectivity index (χ1) is 6.61. The van der Waals surface area contributed by atoms with Crippen LogP contribution in [0.4, 0.5) is 8.78 Å². The monoisotopic (exact) mass is 333 g/mol. The molecule has 0 fully saturated rings. The summed E-state index contributed by atoms with van der Waals surface area (Å²) >= 11 is 7.35. The van der Waals surface area contributed by atoms with E-state index < -0.39 is 6.43 Å². The quantitative estimate of drug-likeness (QED) is 0.625. The molecule has 2 nitrogen and oxygen atoms in total. The van der Waals surface area contributed by atoms with Crippen LogP contribution in [0.1, 0.15) is 17.7 Å². The Kier molecular flexibility index (Phi) is 4.31.